The summed E-state index contributed by atoms with van der Waals surface area (Å²) in [6.45, 7) is 2.17. The highest BCUT2D eigenvalue weighted by Gasteiger charge is 2.22. The van der Waals surface area contributed by atoms with Gasteiger partial charge in [0.2, 0.25) is 0 Å². The molecule has 0 amide bonds. The summed E-state index contributed by atoms with van der Waals surface area (Å²) < 4.78 is 21.9. The molecule has 262 valence electrons. The highest BCUT2D eigenvalue weighted by Crippen LogP contribution is 2.38. The molecule has 1 aromatic heterocycles. The molecule has 0 radical (unpaired) electrons. The molecule has 17 heteroatoms. The van der Waals surface area contributed by atoms with Crippen LogP contribution in [-0.2, 0) is 19.2 Å². The third-order valence-electron chi connectivity index (χ3n) is 6.73. The second-order valence-electron chi connectivity index (χ2n) is 10.5. The molecule has 0 bridgehead atoms. The molecule has 0 saturated heterocycles. The molecule has 0 aliphatic carbocycles. The predicted octanol–water partition coefficient (Wildman–Crippen LogP) is 3.69. The van der Waals surface area contributed by atoms with Crippen molar-refractivity contribution in [3.63, 3.8) is 0 Å². The lowest BCUT2D eigenvalue weighted by molar-refractivity contribution is -0.145. The quantitative estimate of drug-likeness (QED) is 0.0920. The van der Waals surface area contributed by atoms with E-state index in [4.69, 9.17) is 29.2 Å². The SMILES string of the molecule is CC(Oc1ccc(-c2nc(-c3ccc(OC(C)C(=O)O)cc3O)nc(-c3ccc(OCCC(=O)O)cc3OCCC(=O)O)n2)c(O)c1)C(=O)O. The number of benzene rings is 3. The Morgan fingerprint density at radius 2 is 0.980 bits per heavy atom. The Morgan fingerprint density at radius 3 is 1.40 bits per heavy atom. The van der Waals surface area contributed by atoms with Crippen LogP contribution in [0.15, 0.2) is 54.6 Å². The van der Waals surface area contributed by atoms with Crippen LogP contribution in [0.25, 0.3) is 34.2 Å². The van der Waals surface area contributed by atoms with Crippen molar-refractivity contribution in [1.82, 2.24) is 15.0 Å². The first kappa shape index (κ1) is 36.2. The number of hydrogen-bond donors (Lipinski definition) is 6. The van der Waals surface area contributed by atoms with Gasteiger partial charge in [-0.05, 0) is 50.2 Å². The minimum Gasteiger partial charge on any atom is -0.507 e. The highest BCUT2D eigenvalue weighted by atomic mass is 16.5. The minimum atomic E-state index is -1.23. The molecule has 0 saturated carbocycles. The average molecular weight is 694 g/mol. The Bertz CT molecular complexity index is 1830. The second kappa shape index (κ2) is 16.0. The summed E-state index contributed by atoms with van der Waals surface area (Å²) in [5, 5.41) is 58.3. The van der Waals surface area contributed by atoms with E-state index in [1.165, 1.54) is 56.3 Å². The van der Waals surface area contributed by atoms with Crippen molar-refractivity contribution in [2.45, 2.75) is 38.9 Å². The third kappa shape index (κ3) is 9.46. The van der Waals surface area contributed by atoms with Gasteiger partial charge < -0.3 is 49.6 Å². The molecule has 0 aliphatic rings. The number of phenols is 2. The number of aromatic hydroxyl groups is 2. The monoisotopic (exact) mass is 693 g/mol. The molecule has 2 unspecified atom stereocenters. The zero-order chi connectivity index (χ0) is 36.5. The largest absolute Gasteiger partial charge is 0.507 e. The van der Waals surface area contributed by atoms with E-state index in [0.717, 1.165) is 12.1 Å². The Labute approximate surface area is 283 Å². The molecule has 3 aromatic carbocycles. The first-order valence-corrected chi connectivity index (χ1v) is 14.8. The number of hydrogen-bond acceptors (Lipinski definition) is 13. The lowest BCUT2D eigenvalue weighted by atomic mass is 10.1. The van der Waals surface area contributed by atoms with Gasteiger partial charge in [0, 0.05) is 18.2 Å². The molecule has 0 fully saturated rings. The van der Waals surface area contributed by atoms with E-state index < -0.39 is 47.6 Å². The fraction of sp³-hybridized carbons (Fsp3) is 0.242. The first-order valence-electron chi connectivity index (χ1n) is 14.8. The Hall–Kier alpha value is -6.65. The smallest absolute Gasteiger partial charge is 0.344 e. The summed E-state index contributed by atoms with van der Waals surface area (Å²) >= 11 is 0. The van der Waals surface area contributed by atoms with Crippen LogP contribution in [-0.4, -0.2) is 94.9 Å². The Kier molecular flexibility index (Phi) is 11.6. The maximum absolute atomic E-state index is 11.2. The van der Waals surface area contributed by atoms with E-state index in [2.05, 4.69) is 15.0 Å². The highest BCUT2D eigenvalue weighted by molar-refractivity contribution is 5.76. The molecule has 2 atom stereocenters. The normalized spacial score (nSPS) is 12.0. The maximum atomic E-state index is 11.2. The number of carbonyl (C=O) groups is 4. The number of phenolic OH excluding ortho intramolecular Hbond substituents is 2. The summed E-state index contributed by atoms with van der Waals surface area (Å²) in [5.41, 5.74) is 0.277. The van der Waals surface area contributed by atoms with E-state index in [0.29, 0.717) is 0 Å². The van der Waals surface area contributed by atoms with Gasteiger partial charge in [-0.25, -0.2) is 24.5 Å². The third-order valence-corrected chi connectivity index (χ3v) is 6.73. The standard InChI is InChI=1S/C33H31N3O14/c1-16(32(43)44)49-19-4-6-21(24(37)13-19)29-34-30(22-7-5-20(14-25(22)38)50-17(2)33(45)46)36-31(35-29)23-8-3-18(47-11-9-27(39)40)15-26(23)48-12-10-28(41)42/h3-8,13-17,37-38H,9-12H2,1-2H3,(H,39,40)(H,41,42)(H,43,44)(H,45,46). The molecule has 6 N–H and O–H groups in total. The zero-order valence-electron chi connectivity index (χ0n) is 26.5. The first-order chi connectivity index (χ1) is 23.7. The van der Waals surface area contributed by atoms with Crippen LogP contribution in [0, 0.1) is 0 Å². The molecule has 4 rings (SSSR count). The van der Waals surface area contributed by atoms with E-state index in [1.807, 2.05) is 0 Å². The van der Waals surface area contributed by atoms with Crippen molar-refractivity contribution in [3.8, 4) is 68.7 Å². The van der Waals surface area contributed by atoms with Gasteiger partial charge in [-0.2, -0.15) is 0 Å². The molecule has 0 aliphatic heterocycles. The average Bonchev–Trinajstić information content (AvgIpc) is 3.04. The summed E-state index contributed by atoms with van der Waals surface area (Å²) in [6.07, 6.45) is -3.11. The Morgan fingerprint density at radius 1 is 0.580 bits per heavy atom. The maximum Gasteiger partial charge on any atom is 0.344 e. The van der Waals surface area contributed by atoms with Gasteiger partial charge in [-0.1, -0.05) is 0 Å². The summed E-state index contributed by atoms with van der Waals surface area (Å²) in [5.74, 6) is -5.49. The van der Waals surface area contributed by atoms with Crippen LogP contribution in [0.1, 0.15) is 26.7 Å². The Balaban J connectivity index is 1.86. The van der Waals surface area contributed by atoms with Crippen LogP contribution >= 0.6 is 0 Å². The van der Waals surface area contributed by atoms with Crippen molar-refractivity contribution in [1.29, 1.82) is 0 Å². The molecule has 1 heterocycles. The summed E-state index contributed by atoms with van der Waals surface area (Å²) in [6, 6.07) is 12.2. The number of nitrogens with zero attached hydrogens (tertiary/aromatic N) is 3. The fourth-order valence-corrected chi connectivity index (χ4v) is 4.20. The van der Waals surface area contributed by atoms with E-state index >= 15 is 0 Å². The van der Waals surface area contributed by atoms with Crippen molar-refractivity contribution in [3.05, 3.63) is 54.6 Å². The van der Waals surface area contributed by atoms with E-state index in [1.54, 1.807) is 0 Å². The topological polar surface area (TPSA) is 265 Å². The van der Waals surface area contributed by atoms with Crippen LogP contribution in [0.3, 0.4) is 0 Å². The van der Waals surface area contributed by atoms with Crippen molar-refractivity contribution >= 4 is 23.9 Å². The van der Waals surface area contributed by atoms with Gasteiger partial charge in [0.1, 0.15) is 34.5 Å². The number of aromatic nitrogens is 3. The van der Waals surface area contributed by atoms with Gasteiger partial charge in [-0.15, -0.1) is 0 Å². The molecule has 4 aromatic rings. The van der Waals surface area contributed by atoms with Crippen LogP contribution in [0.5, 0.6) is 34.5 Å². The van der Waals surface area contributed by atoms with Crippen LogP contribution in [0.2, 0.25) is 0 Å². The van der Waals surface area contributed by atoms with Gasteiger partial charge in [0.05, 0.1) is 42.7 Å². The number of carboxylic acids is 4. The molecule has 17 nitrogen and oxygen atoms in total. The molecular weight excluding hydrogens is 662 g/mol. The van der Waals surface area contributed by atoms with Crippen molar-refractivity contribution < 1.29 is 68.8 Å². The van der Waals surface area contributed by atoms with Crippen molar-refractivity contribution in [2.75, 3.05) is 13.2 Å². The van der Waals surface area contributed by atoms with Gasteiger partial charge >= 0.3 is 23.9 Å². The number of aliphatic carboxylic acids is 4. The van der Waals surface area contributed by atoms with Crippen LogP contribution in [0.4, 0.5) is 0 Å². The molecular formula is C33H31N3O14. The van der Waals surface area contributed by atoms with E-state index in [-0.39, 0.29) is 83.2 Å². The van der Waals surface area contributed by atoms with Gasteiger partial charge in [-0.3, -0.25) is 9.59 Å². The lowest BCUT2D eigenvalue weighted by Gasteiger charge is -2.16. The number of carboxylic acid groups (broad SMARTS) is 4. The summed E-state index contributed by atoms with van der Waals surface area (Å²) in [4.78, 5) is 58.1. The van der Waals surface area contributed by atoms with Gasteiger partial charge in [0.15, 0.2) is 29.7 Å². The number of ether oxygens (including phenoxy) is 4. The van der Waals surface area contributed by atoms with Crippen molar-refractivity contribution in [2.24, 2.45) is 0 Å². The fourth-order valence-electron chi connectivity index (χ4n) is 4.20. The molecule has 0 spiro atoms. The number of rotatable bonds is 17. The molecule has 50 heavy (non-hydrogen) atoms. The predicted molar refractivity (Wildman–Crippen MR) is 170 cm³/mol. The second-order valence-corrected chi connectivity index (χ2v) is 10.5. The summed E-state index contributed by atoms with van der Waals surface area (Å²) in [7, 11) is 0. The lowest BCUT2D eigenvalue weighted by Crippen LogP contribution is -2.22. The minimum absolute atomic E-state index is 0.0343. The van der Waals surface area contributed by atoms with E-state index in [9.17, 15) is 39.6 Å². The van der Waals surface area contributed by atoms with Gasteiger partial charge in [0.25, 0.3) is 0 Å². The zero-order valence-corrected chi connectivity index (χ0v) is 26.5. The van der Waals surface area contributed by atoms with Crippen LogP contribution < -0.4 is 18.9 Å².